The Hall–Kier alpha value is -0.980. The lowest BCUT2D eigenvalue weighted by Gasteiger charge is -2.31. The van der Waals surface area contributed by atoms with Gasteiger partial charge >= 0.3 is 0 Å². The zero-order valence-electron chi connectivity index (χ0n) is 17.3. The molecule has 0 aliphatic rings. The third-order valence-electron chi connectivity index (χ3n) is 4.96. The van der Waals surface area contributed by atoms with Gasteiger partial charge in [-0.05, 0) is 42.1 Å². The van der Waals surface area contributed by atoms with Gasteiger partial charge in [-0.3, -0.25) is 0 Å². The van der Waals surface area contributed by atoms with Crippen LogP contribution < -0.4 is 14.4 Å². The van der Waals surface area contributed by atoms with Crippen LogP contribution in [0.15, 0.2) is 16.6 Å². The van der Waals surface area contributed by atoms with E-state index in [-0.39, 0.29) is 0 Å². The fourth-order valence-corrected chi connectivity index (χ4v) is 3.53. The number of hydrogen-bond acceptors (Lipinski definition) is 5. The second-order valence-electron chi connectivity index (χ2n) is 6.20. The third kappa shape index (κ3) is 6.63. The molecule has 0 aliphatic carbocycles. The summed E-state index contributed by atoms with van der Waals surface area (Å²) in [7, 11) is 3.43. The highest BCUT2D eigenvalue weighted by molar-refractivity contribution is 9.10. The second kappa shape index (κ2) is 12.4. The van der Waals surface area contributed by atoms with Crippen molar-refractivity contribution in [1.29, 1.82) is 0 Å². The van der Waals surface area contributed by atoms with Crippen molar-refractivity contribution in [1.82, 2.24) is 9.80 Å². The summed E-state index contributed by atoms with van der Waals surface area (Å²) in [5, 5.41) is 0. The van der Waals surface area contributed by atoms with Crippen molar-refractivity contribution in [3.05, 3.63) is 16.6 Å². The van der Waals surface area contributed by atoms with E-state index in [1.54, 1.807) is 14.2 Å². The van der Waals surface area contributed by atoms with E-state index in [0.29, 0.717) is 0 Å². The first-order valence-corrected chi connectivity index (χ1v) is 10.4. The van der Waals surface area contributed by atoms with E-state index in [0.717, 1.165) is 74.0 Å². The average Bonchev–Trinajstić information content (AvgIpc) is 2.67. The topological polar surface area (TPSA) is 28.2 Å². The van der Waals surface area contributed by atoms with Crippen LogP contribution in [-0.2, 0) is 0 Å². The summed E-state index contributed by atoms with van der Waals surface area (Å²) < 4.78 is 12.1. The molecule has 0 unspecified atom stereocenters. The van der Waals surface area contributed by atoms with E-state index in [1.165, 1.54) is 0 Å². The molecule has 5 nitrogen and oxygen atoms in total. The largest absolute Gasteiger partial charge is 0.495 e. The number of likely N-dealkylation sites (N-methyl/N-ethyl adjacent to an activating group) is 2. The first-order valence-electron chi connectivity index (χ1n) is 9.65. The maximum absolute atomic E-state index is 5.67. The van der Waals surface area contributed by atoms with Gasteiger partial charge in [0.2, 0.25) is 0 Å². The van der Waals surface area contributed by atoms with E-state index in [2.05, 4.69) is 64.4 Å². The number of methoxy groups -OCH3 is 2. The van der Waals surface area contributed by atoms with Crippen molar-refractivity contribution in [2.75, 3.05) is 71.5 Å². The van der Waals surface area contributed by atoms with Crippen molar-refractivity contribution in [3.63, 3.8) is 0 Å². The van der Waals surface area contributed by atoms with Crippen molar-refractivity contribution in [2.45, 2.75) is 27.7 Å². The van der Waals surface area contributed by atoms with Crippen molar-refractivity contribution >= 4 is 21.6 Å². The summed E-state index contributed by atoms with van der Waals surface area (Å²) in [5.74, 6) is 1.70. The van der Waals surface area contributed by atoms with Crippen molar-refractivity contribution in [3.8, 4) is 11.5 Å². The summed E-state index contributed by atoms with van der Waals surface area (Å²) in [5.41, 5.74) is 1.09. The number of ether oxygens (including phenoxy) is 2. The maximum Gasteiger partial charge on any atom is 0.143 e. The molecule has 1 aromatic carbocycles. The molecule has 1 rings (SSSR count). The van der Waals surface area contributed by atoms with Gasteiger partial charge in [-0.25, -0.2) is 0 Å². The van der Waals surface area contributed by atoms with Crippen LogP contribution in [0, 0.1) is 0 Å². The zero-order valence-corrected chi connectivity index (χ0v) is 18.9. The lowest BCUT2D eigenvalue weighted by molar-refractivity contribution is 0.293. The lowest BCUT2D eigenvalue weighted by atomic mass is 10.2. The lowest BCUT2D eigenvalue weighted by Crippen LogP contribution is -2.40. The molecule has 0 saturated carbocycles. The normalized spacial score (nSPS) is 11.3. The van der Waals surface area contributed by atoms with Crippen LogP contribution in [0.4, 0.5) is 5.69 Å². The van der Waals surface area contributed by atoms with Crippen LogP contribution in [-0.4, -0.2) is 76.4 Å². The smallest absolute Gasteiger partial charge is 0.143 e. The van der Waals surface area contributed by atoms with Gasteiger partial charge in [0.25, 0.3) is 0 Å². The third-order valence-corrected chi connectivity index (χ3v) is 5.57. The molecule has 0 radical (unpaired) electrons. The highest BCUT2D eigenvalue weighted by Gasteiger charge is 2.17. The first-order chi connectivity index (χ1) is 12.5. The predicted molar refractivity (Wildman–Crippen MR) is 115 cm³/mol. The molecule has 6 heteroatoms. The minimum Gasteiger partial charge on any atom is -0.495 e. The summed E-state index contributed by atoms with van der Waals surface area (Å²) in [6.07, 6.45) is 0. The molecule has 0 fully saturated rings. The molecular formula is C20H36BrN3O2. The average molecular weight is 430 g/mol. The Morgan fingerprint density at radius 3 is 1.58 bits per heavy atom. The second-order valence-corrected chi connectivity index (χ2v) is 7.05. The Bertz CT molecular complexity index is 504. The zero-order chi connectivity index (χ0) is 19.5. The minimum atomic E-state index is 0.830. The first kappa shape index (κ1) is 23.1. The van der Waals surface area contributed by atoms with Gasteiger partial charge in [-0.15, -0.1) is 0 Å². The standard InChI is InChI=1S/C20H36BrN3O2/c1-7-22(8-2)11-13-24(14-12-23(9-3)10-4)18-16-19(25-5)17(21)15-20(18)26-6/h15-16H,7-14H2,1-6H3. The van der Waals surface area contributed by atoms with E-state index >= 15 is 0 Å². The van der Waals surface area contributed by atoms with E-state index < -0.39 is 0 Å². The van der Waals surface area contributed by atoms with Gasteiger partial charge in [0, 0.05) is 38.3 Å². The van der Waals surface area contributed by atoms with Crippen molar-refractivity contribution in [2.24, 2.45) is 0 Å². The number of rotatable bonds is 13. The van der Waals surface area contributed by atoms with Gasteiger partial charge < -0.3 is 24.2 Å². The summed E-state index contributed by atoms with van der Waals surface area (Å²) >= 11 is 3.56. The molecule has 0 aliphatic heterocycles. The number of nitrogens with zero attached hydrogens (tertiary/aromatic N) is 3. The molecule has 0 atom stereocenters. The molecule has 0 heterocycles. The summed E-state index contributed by atoms with van der Waals surface area (Å²) in [4.78, 5) is 7.32. The molecule has 0 aromatic heterocycles. The summed E-state index contributed by atoms with van der Waals surface area (Å²) in [6, 6.07) is 4.07. The number of anilines is 1. The van der Waals surface area contributed by atoms with Crippen LogP contribution in [0.5, 0.6) is 11.5 Å². The Balaban J connectivity index is 3.08. The molecule has 0 spiro atoms. The maximum atomic E-state index is 5.67. The van der Waals surface area contributed by atoms with Crippen LogP contribution in [0.1, 0.15) is 27.7 Å². The number of hydrogen-bond donors (Lipinski definition) is 0. The Kier molecular flexibility index (Phi) is 11.0. The fourth-order valence-electron chi connectivity index (χ4n) is 3.05. The Morgan fingerprint density at radius 1 is 0.731 bits per heavy atom. The quantitative estimate of drug-likeness (QED) is 0.473. The van der Waals surface area contributed by atoms with Gasteiger partial charge in [0.1, 0.15) is 11.5 Å². The molecular weight excluding hydrogens is 394 g/mol. The monoisotopic (exact) mass is 429 g/mol. The molecule has 1 aromatic rings. The van der Waals surface area contributed by atoms with Gasteiger partial charge in [0.15, 0.2) is 0 Å². The molecule has 150 valence electrons. The Morgan fingerprint density at radius 2 is 1.19 bits per heavy atom. The molecule has 0 saturated heterocycles. The van der Waals surface area contributed by atoms with Crippen molar-refractivity contribution < 1.29 is 9.47 Å². The predicted octanol–water partition coefficient (Wildman–Crippen LogP) is 3.96. The molecule has 0 N–H and O–H groups in total. The number of benzene rings is 1. The molecule has 0 bridgehead atoms. The molecule has 0 amide bonds. The van der Waals surface area contributed by atoms with Crippen LogP contribution in [0.3, 0.4) is 0 Å². The number of halogens is 1. The van der Waals surface area contributed by atoms with E-state index in [9.17, 15) is 0 Å². The highest BCUT2D eigenvalue weighted by Crippen LogP contribution is 2.38. The van der Waals surface area contributed by atoms with Crippen LogP contribution in [0.25, 0.3) is 0 Å². The Labute approximate surface area is 168 Å². The highest BCUT2D eigenvalue weighted by atomic mass is 79.9. The minimum absolute atomic E-state index is 0.830. The van der Waals surface area contributed by atoms with Crippen LogP contribution >= 0.6 is 15.9 Å². The SMILES string of the molecule is CCN(CC)CCN(CCN(CC)CC)c1cc(OC)c(Br)cc1OC. The van der Waals surface area contributed by atoms with Gasteiger partial charge in [0.05, 0.1) is 24.4 Å². The van der Waals surface area contributed by atoms with E-state index in [4.69, 9.17) is 9.47 Å². The van der Waals surface area contributed by atoms with Gasteiger partial charge in [-0.2, -0.15) is 0 Å². The van der Waals surface area contributed by atoms with Crippen LogP contribution in [0.2, 0.25) is 0 Å². The summed E-state index contributed by atoms with van der Waals surface area (Å²) in [6.45, 7) is 17.1. The van der Waals surface area contributed by atoms with Gasteiger partial charge in [-0.1, -0.05) is 27.7 Å². The fraction of sp³-hybridized carbons (Fsp3) is 0.700. The van der Waals surface area contributed by atoms with E-state index in [1.807, 2.05) is 6.07 Å². The molecule has 26 heavy (non-hydrogen) atoms.